The van der Waals surface area contributed by atoms with Crippen LogP contribution in [0, 0.1) is 29.6 Å². The van der Waals surface area contributed by atoms with Gasteiger partial charge in [-0.2, -0.15) is 0 Å². The van der Waals surface area contributed by atoms with Gasteiger partial charge in [-0.25, -0.2) is 0 Å². The second kappa shape index (κ2) is 9.19. The zero-order valence-electron chi connectivity index (χ0n) is 24.1. The first-order valence-electron chi connectivity index (χ1n) is 13.7. The van der Waals surface area contributed by atoms with Gasteiger partial charge in [-0.15, -0.1) is 0 Å². The van der Waals surface area contributed by atoms with Gasteiger partial charge in [0.25, 0.3) is 0 Å². The lowest BCUT2D eigenvalue weighted by molar-refractivity contribution is -0.159. The number of carbonyl (C=O) groups excluding carboxylic acids is 3. The Labute approximate surface area is 239 Å². The average molecular weight is 555 g/mol. The van der Waals surface area contributed by atoms with Gasteiger partial charge in [0.2, 0.25) is 5.78 Å². The third-order valence-electron chi connectivity index (χ3n) is 9.07. The lowest BCUT2D eigenvalue weighted by Crippen LogP contribution is -2.63. The number of aromatic hydroxyl groups is 1. The van der Waals surface area contributed by atoms with Gasteiger partial charge in [-0.05, 0) is 61.9 Å². The Kier molecular flexibility index (Phi) is 6.36. The third-order valence-corrected chi connectivity index (χ3v) is 9.07. The molecule has 41 heavy (non-hydrogen) atoms. The van der Waals surface area contributed by atoms with Crippen LogP contribution in [0.1, 0.15) is 91.6 Å². The molecule has 4 N–H and O–H groups in total. The summed E-state index contributed by atoms with van der Waals surface area (Å²) < 4.78 is 0. The van der Waals surface area contributed by atoms with Gasteiger partial charge >= 0.3 is 0 Å². The number of ketones is 3. The molecule has 2 aromatic rings. The molecule has 0 amide bonds. The molecular weight excluding hydrogens is 520 g/mol. The van der Waals surface area contributed by atoms with E-state index in [9.17, 15) is 34.8 Å². The Hall–Kier alpha value is -4.15. The molecule has 5 rings (SSSR count). The van der Waals surface area contributed by atoms with Crippen molar-refractivity contribution >= 4 is 17.3 Å². The molecule has 3 aliphatic rings. The highest BCUT2D eigenvalue weighted by molar-refractivity contribution is 6.25. The van der Waals surface area contributed by atoms with Crippen LogP contribution in [0.3, 0.4) is 0 Å². The van der Waals surface area contributed by atoms with E-state index in [1.54, 1.807) is 19.9 Å². The topological polar surface area (TPSA) is 132 Å². The van der Waals surface area contributed by atoms with E-state index in [4.69, 9.17) is 0 Å². The van der Waals surface area contributed by atoms with Crippen LogP contribution < -0.4 is 0 Å². The Balaban J connectivity index is 1.74. The van der Waals surface area contributed by atoms with Crippen molar-refractivity contribution in [1.29, 1.82) is 0 Å². The Morgan fingerprint density at radius 3 is 2.22 bits per heavy atom. The van der Waals surface area contributed by atoms with E-state index in [1.165, 1.54) is 0 Å². The first kappa shape index (κ1) is 28.4. The number of Topliss-reactive ketones (excluding diaryl/α,β-unsaturated/α-hetero) is 3. The number of carbonyl (C=O) groups is 3. The summed E-state index contributed by atoms with van der Waals surface area (Å²) in [7, 11) is 0. The molecule has 0 bridgehead atoms. The molecule has 7 nitrogen and oxygen atoms in total. The van der Waals surface area contributed by atoms with Crippen molar-refractivity contribution in [3.8, 4) is 17.6 Å². The first-order valence-corrected chi connectivity index (χ1v) is 13.7. The molecule has 0 fully saturated rings. The maximum atomic E-state index is 14.3. The normalized spacial score (nSPS) is 27.2. The van der Waals surface area contributed by atoms with Crippen LogP contribution in [-0.2, 0) is 16.0 Å². The van der Waals surface area contributed by atoms with Crippen LogP contribution >= 0.6 is 0 Å². The minimum absolute atomic E-state index is 0.0101. The molecule has 0 saturated carbocycles. The molecule has 3 atom stereocenters. The second-order valence-electron chi connectivity index (χ2n) is 12.6. The van der Waals surface area contributed by atoms with E-state index in [-0.39, 0.29) is 47.6 Å². The first-order chi connectivity index (χ1) is 19.1. The number of phenols is 1. The predicted octanol–water partition coefficient (Wildman–Crippen LogP) is 5.30. The number of fused-ring (bicyclic) bond motifs is 3. The fraction of sp³-hybridized carbons (Fsp3) is 0.382. The number of aryl methyl sites for hydroxylation is 1. The highest BCUT2D eigenvalue weighted by Crippen LogP contribution is 2.62. The number of rotatable bonds is 2. The number of benzene rings is 2. The average Bonchev–Trinajstić information content (AvgIpc) is 2.86. The van der Waals surface area contributed by atoms with E-state index < -0.39 is 50.9 Å². The van der Waals surface area contributed by atoms with Crippen molar-refractivity contribution in [1.82, 2.24) is 0 Å². The summed E-state index contributed by atoms with van der Waals surface area (Å²) in [6.45, 7) is 10.4. The van der Waals surface area contributed by atoms with E-state index in [2.05, 4.69) is 11.8 Å². The van der Waals surface area contributed by atoms with Crippen molar-refractivity contribution in [3.63, 3.8) is 0 Å². The van der Waals surface area contributed by atoms with Crippen LogP contribution in [0.25, 0.3) is 0 Å². The molecule has 0 aromatic heterocycles. The number of hydrogen-bond acceptors (Lipinski definition) is 7. The molecular formula is C34H34O7. The minimum atomic E-state index is -2.60. The number of phenolic OH excluding ortho intramolecular Hbond substituents is 1. The third kappa shape index (κ3) is 3.96. The minimum Gasteiger partial charge on any atom is -0.511 e. The molecule has 0 spiro atoms. The van der Waals surface area contributed by atoms with E-state index in [0.29, 0.717) is 5.56 Å². The zero-order chi connectivity index (χ0) is 30.2. The second-order valence-corrected chi connectivity index (χ2v) is 12.6. The largest absolute Gasteiger partial charge is 0.511 e. The summed E-state index contributed by atoms with van der Waals surface area (Å²) in [6.07, 6.45) is 0.0768. The van der Waals surface area contributed by atoms with Crippen LogP contribution in [0.2, 0.25) is 0 Å². The lowest BCUT2D eigenvalue weighted by Gasteiger charge is -2.56. The molecule has 0 heterocycles. The summed E-state index contributed by atoms with van der Waals surface area (Å²) in [6, 6.07) is 9.38. The van der Waals surface area contributed by atoms with Gasteiger partial charge in [-0.1, -0.05) is 57.2 Å². The van der Waals surface area contributed by atoms with Gasteiger partial charge in [0, 0.05) is 28.4 Å². The van der Waals surface area contributed by atoms with Gasteiger partial charge in [-0.3, -0.25) is 14.4 Å². The van der Waals surface area contributed by atoms with Gasteiger partial charge < -0.3 is 20.4 Å². The summed E-state index contributed by atoms with van der Waals surface area (Å²) >= 11 is 0. The fourth-order valence-corrected chi connectivity index (χ4v) is 7.14. The van der Waals surface area contributed by atoms with E-state index in [0.717, 1.165) is 23.6 Å². The van der Waals surface area contributed by atoms with Gasteiger partial charge in [0.1, 0.15) is 22.8 Å². The quantitative estimate of drug-likeness (QED) is 0.293. The predicted molar refractivity (Wildman–Crippen MR) is 153 cm³/mol. The summed E-state index contributed by atoms with van der Waals surface area (Å²) in [5, 5.41) is 45.5. The summed E-state index contributed by atoms with van der Waals surface area (Å²) in [4.78, 5) is 40.0. The maximum absolute atomic E-state index is 14.3. The Morgan fingerprint density at radius 1 is 1.00 bits per heavy atom. The molecule has 0 radical (unpaired) electrons. The highest BCUT2D eigenvalue weighted by atomic mass is 16.3. The molecule has 3 aliphatic carbocycles. The Morgan fingerprint density at radius 2 is 1.63 bits per heavy atom. The number of aliphatic hydroxyl groups excluding tert-OH is 2. The zero-order valence-corrected chi connectivity index (χ0v) is 24.1. The van der Waals surface area contributed by atoms with Crippen LogP contribution in [0.4, 0.5) is 0 Å². The van der Waals surface area contributed by atoms with Crippen molar-refractivity contribution < 1.29 is 34.8 Å². The van der Waals surface area contributed by atoms with E-state index >= 15 is 0 Å². The van der Waals surface area contributed by atoms with Crippen molar-refractivity contribution in [2.75, 3.05) is 0 Å². The molecule has 7 heteroatoms. The molecule has 0 aliphatic heterocycles. The summed E-state index contributed by atoms with van der Waals surface area (Å²) in [5.74, 6) is 1.83. The van der Waals surface area contributed by atoms with E-state index in [1.807, 2.05) is 45.0 Å². The monoisotopic (exact) mass is 554 g/mol. The van der Waals surface area contributed by atoms with Crippen molar-refractivity contribution in [2.45, 2.75) is 72.3 Å². The van der Waals surface area contributed by atoms with Crippen LogP contribution in [0.5, 0.6) is 5.75 Å². The lowest BCUT2D eigenvalue weighted by atomic mass is 9.48. The maximum Gasteiger partial charge on any atom is 0.209 e. The molecule has 212 valence electrons. The molecule has 0 unspecified atom stereocenters. The number of hydrogen-bond donors (Lipinski definition) is 4. The van der Waals surface area contributed by atoms with Crippen LogP contribution in [0.15, 0.2) is 53.0 Å². The van der Waals surface area contributed by atoms with Crippen molar-refractivity contribution in [2.24, 2.45) is 10.8 Å². The number of aliphatic hydroxyl groups is 3. The SMILES string of the molecule is CC(=O)C1=C(O)C[C@@]2(C)C[C@@]3(C)Cc4c(C(C)C)cc(C#Cc5ccc(C)cc5)c(O)c4C(=O)C3=C(O)[C@@]2(O)C1=O. The van der Waals surface area contributed by atoms with Crippen LogP contribution in [-0.4, -0.2) is 43.4 Å². The standard InChI is InChI=1S/C34H34O7/c1-17(2)22-13-21(12-11-20-9-7-18(3)8-10-20)28(37)26-23(22)14-32(5)16-33(6)15-24(36)25(19(4)35)30(39)34(33,41)31(40)27(32)29(26)38/h7-10,13,17,36-37,40-41H,14-16H2,1-6H3/t32-,33+,34+/m1/s1. The smallest absolute Gasteiger partial charge is 0.209 e. The van der Waals surface area contributed by atoms with Crippen molar-refractivity contribution in [3.05, 3.63) is 86.4 Å². The van der Waals surface area contributed by atoms with Gasteiger partial charge in [0.05, 0.1) is 11.1 Å². The Bertz CT molecular complexity index is 1680. The fourth-order valence-electron chi connectivity index (χ4n) is 7.14. The highest BCUT2D eigenvalue weighted by Gasteiger charge is 2.67. The van der Waals surface area contributed by atoms with Gasteiger partial charge in [0.15, 0.2) is 17.2 Å². The molecule has 0 saturated heterocycles. The number of allylic oxidation sites excluding steroid dienone is 2. The summed E-state index contributed by atoms with van der Waals surface area (Å²) in [5.41, 5.74) is -2.26. The molecule has 2 aromatic carbocycles.